The van der Waals surface area contributed by atoms with Crippen LogP contribution in [0.5, 0.6) is 0 Å². The van der Waals surface area contributed by atoms with Crippen LogP contribution in [0.3, 0.4) is 0 Å². The van der Waals surface area contributed by atoms with Crippen molar-refractivity contribution in [3.63, 3.8) is 0 Å². The average molecular weight is 334 g/mol. The summed E-state index contributed by atoms with van der Waals surface area (Å²) >= 11 is 12.1. The van der Waals surface area contributed by atoms with E-state index in [1.807, 2.05) is 24.4 Å². The normalized spacial score (nSPS) is 10.8. The van der Waals surface area contributed by atoms with Gasteiger partial charge in [0.2, 0.25) is 0 Å². The molecule has 3 aromatic rings. The highest BCUT2D eigenvalue weighted by Crippen LogP contribution is 2.21. The van der Waals surface area contributed by atoms with Crippen LogP contribution in [0, 0.1) is 0 Å². The van der Waals surface area contributed by atoms with E-state index in [0.29, 0.717) is 34.2 Å². The highest BCUT2D eigenvalue weighted by molar-refractivity contribution is 6.36. The van der Waals surface area contributed by atoms with Crippen LogP contribution in [0.1, 0.15) is 16.1 Å². The van der Waals surface area contributed by atoms with Crippen LogP contribution in [-0.4, -0.2) is 21.8 Å². The average Bonchev–Trinajstić information content (AvgIpc) is 2.91. The molecule has 1 N–H and O–H groups in total. The summed E-state index contributed by atoms with van der Waals surface area (Å²) in [5.74, 6) is -0.0922. The van der Waals surface area contributed by atoms with Gasteiger partial charge in [-0.3, -0.25) is 4.79 Å². The lowest BCUT2D eigenvalue weighted by Crippen LogP contribution is -2.25. The summed E-state index contributed by atoms with van der Waals surface area (Å²) in [5, 5.41) is 3.93. The molecule has 6 heteroatoms. The number of amides is 1. The van der Waals surface area contributed by atoms with Crippen LogP contribution in [0.4, 0.5) is 0 Å². The van der Waals surface area contributed by atoms with Crippen LogP contribution in [-0.2, 0) is 6.42 Å². The van der Waals surface area contributed by atoms with E-state index in [4.69, 9.17) is 23.2 Å². The molecule has 0 spiro atoms. The van der Waals surface area contributed by atoms with E-state index in [9.17, 15) is 4.79 Å². The van der Waals surface area contributed by atoms with E-state index < -0.39 is 0 Å². The van der Waals surface area contributed by atoms with E-state index in [-0.39, 0.29) is 5.91 Å². The van der Waals surface area contributed by atoms with Crippen LogP contribution < -0.4 is 5.32 Å². The number of rotatable bonds is 4. The van der Waals surface area contributed by atoms with Gasteiger partial charge in [0.1, 0.15) is 0 Å². The minimum absolute atomic E-state index is 0.0922. The number of nitrogens with zero attached hydrogens (tertiary/aromatic N) is 2. The summed E-state index contributed by atoms with van der Waals surface area (Å²) in [6.45, 7) is 0.503. The Kier molecular flexibility index (Phi) is 4.32. The zero-order chi connectivity index (χ0) is 15.5. The molecular formula is C16H13Cl2N3O. The highest BCUT2D eigenvalue weighted by atomic mass is 35.5. The fourth-order valence-corrected chi connectivity index (χ4v) is 2.72. The zero-order valence-electron chi connectivity index (χ0n) is 11.6. The van der Waals surface area contributed by atoms with E-state index in [1.54, 1.807) is 28.8 Å². The first-order valence-electron chi connectivity index (χ1n) is 6.79. The van der Waals surface area contributed by atoms with Gasteiger partial charge in [0.15, 0.2) is 5.65 Å². The minimum Gasteiger partial charge on any atom is -0.352 e. The molecule has 0 radical (unpaired) electrons. The highest BCUT2D eigenvalue weighted by Gasteiger charge is 2.08. The second-order valence-corrected chi connectivity index (χ2v) is 5.68. The lowest BCUT2D eigenvalue weighted by atomic mass is 10.2. The SMILES string of the molecule is O=C(NCCc1cn2cc(Cl)cc(Cl)c2n1)c1ccccc1. The van der Waals surface area contributed by atoms with Crippen molar-refractivity contribution < 1.29 is 4.79 Å². The maximum absolute atomic E-state index is 11.9. The van der Waals surface area contributed by atoms with E-state index >= 15 is 0 Å². The van der Waals surface area contributed by atoms with Gasteiger partial charge in [-0.05, 0) is 18.2 Å². The first kappa shape index (κ1) is 14.9. The zero-order valence-corrected chi connectivity index (χ0v) is 13.1. The van der Waals surface area contributed by atoms with E-state index in [1.165, 1.54) is 0 Å². The molecule has 2 aromatic heterocycles. The van der Waals surface area contributed by atoms with Crippen molar-refractivity contribution in [1.82, 2.24) is 14.7 Å². The van der Waals surface area contributed by atoms with Gasteiger partial charge in [-0.25, -0.2) is 4.98 Å². The summed E-state index contributed by atoms with van der Waals surface area (Å²) in [6.07, 6.45) is 4.23. The van der Waals surface area contributed by atoms with Gasteiger partial charge in [-0.2, -0.15) is 0 Å². The number of carbonyl (C=O) groups excluding carboxylic acids is 1. The van der Waals surface area contributed by atoms with Crippen LogP contribution in [0.15, 0.2) is 48.8 Å². The number of fused-ring (bicyclic) bond motifs is 1. The lowest BCUT2D eigenvalue weighted by Gasteiger charge is -2.03. The van der Waals surface area contributed by atoms with Gasteiger partial charge >= 0.3 is 0 Å². The molecule has 1 amide bonds. The van der Waals surface area contributed by atoms with Gasteiger partial charge in [0.05, 0.1) is 15.7 Å². The number of hydrogen-bond acceptors (Lipinski definition) is 2. The third-order valence-electron chi connectivity index (χ3n) is 3.23. The predicted molar refractivity (Wildman–Crippen MR) is 87.7 cm³/mol. The Bertz CT molecular complexity index is 815. The molecule has 0 saturated heterocycles. The fourth-order valence-electron chi connectivity index (χ4n) is 2.19. The van der Waals surface area contributed by atoms with Crippen molar-refractivity contribution in [3.05, 3.63) is 70.1 Å². The topological polar surface area (TPSA) is 46.4 Å². The standard InChI is InChI=1S/C16H13Cl2N3O/c17-12-8-14(18)15-20-13(10-21(15)9-12)6-7-19-16(22)11-4-2-1-3-5-11/h1-5,8-10H,6-7H2,(H,19,22). The van der Waals surface area contributed by atoms with Crippen LogP contribution >= 0.6 is 23.2 Å². The monoisotopic (exact) mass is 333 g/mol. The second kappa shape index (κ2) is 6.38. The van der Waals surface area contributed by atoms with E-state index in [0.717, 1.165) is 5.69 Å². The molecular weight excluding hydrogens is 321 g/mol. The summed E-state index contributed by atoms with van der Waals surface area (Å²) in [4.78, 5) is 16.4. The van der Waals surface area contributed by atoms with Crippen molar-refractivity contribution in [2.45, 2.75) is 6.42 Å². The number of hydrogen-bond donors (Lipinski definition) is 1. The van der Waals surface area contributed by atoms with Crippen LogP contribution in [0.25, 0.3) is 5.65 Å². The molecule has 0 atom stereocenters. The first-order chi connectivity index (χ1) is 10.6. The third kappa shape index (κ3) is 3.24. The third-order valence-corrected chi connectivity index (χ3v) is 3.71. The Morgan fingerprint density at radius 3 is 2.73 bits per heavy atom. The molecule has 0 saturated carbocycles. The summed E-state index contributed by atoms with van der Waals surface area (Å²) < 4.78 is 1.79. The predicted octanol–water partition coefficient (Wildman–Crippen LogP) is 3.61. The maximum Gasteiger partial charge on any atom is 0.251 e. The Labute approximate surface area is 137 Å². The number of pyridine rings is 1. The molecule has 112 valence electrons. The van der Waals surface area contributed by atoms with Crippen molar-refractivity contribution in [2.75, 3.05) is 6.54 Å². The van der Waals surface area contributed by atoms with Gasteiger partial charge in [-0.1, -0.05) is 41.4 Å². The number of halogens is 2. The Morgan fingerprint density at radius 2 is 1.95 bits per heavy atom. The van der Waals surface area contributed by atoms with Crippen molar-refractivity contribution >= 4 is 34.8 Å². The molecule has 0 bridgehead atoms. The molecule has 0 aliphatic heterocycles. The van der Waals surface area contributed by atoms with Gasteiger partial charge < -0.3 is 9.72 Å². The second-order valence-electron chi connectivity index (χ2n) is 4.84. The number of benzene rings is 1. The Balaban J connectivity index is 1.65. The smallest absolute Gasteiger partial charge is 0.251 e. The van der Waals surface area contributed by atoms with E-state index in [2.05, 4.69) is 10.3 Å². The molecule has 0 aliphatic carbocycles. The molecule has 2 heterocycles. The molecule has 3 rings (SSSR count). The molecule has 0 aliphatic rings. The maximum atomic E-state index is 11.9. The molecule has 4 nitrogen and oxygen atoms in total. The number of nitrogens with one attached hydrogen (secondary N) is 1. The Hall–Kier alpha value is -2.04. The van der Waals surface area contributed by atoms with Crippen molar-refractivity contribution in [3.8, 4) is 0 Å². The van der Waals surface area contributed by atoms with Crippen molar-refractivity contribution in [1.29, 1.82) is 0 Å². The van der Waals surface area contributed by atoms with Gasteiger partial charge in [-0.15, -0.1) is 0 Å². The largest absolute Gasteiger partial charge is 0.352 e. The summed E-state index contributed by atoms with van der Waals surface area (Å²) in [7, 11) is 0. The van der Waals surface area contributed by atoms with Gasteiger partial charge in [0, 0.05) is 30.9 Å². The fraction of sp³-hybridized carbons (Fsp3) is 0.125. The number of aromatic nitrogens is 2. The summed E-state index contributed by atoms with van der Waals surface area (Å²) in [6, 6.07) is 10.8. The van der Waals surface area contributed by atoms with Gasteiger partial charge in [0.25, 0.3) is 5.91 Å². The number of carbonyl (C=O) groups is 1. The van der Waals surface area contributed by atoms with Crippen LogP contribution in [0.2, 0.25) is 10.0 Å². The molecule has 0 unspecified atom stereocenters. The quantitative estimate of drug-likeness (QED) is 0.792. The molecule has 1 aromatic carbocycles. The molecule has 0 fully saturated rings. The number of imidazole rings is 1. The summed E-state index contributed by atoms with van der Waals surface area (Å²) in [5.41, 5.74) is 2.15. The molecule has 22 heavy (non-hydrogen) atoms. The Morgan fingerprint density at radius 1 is 1.18 bits per heavy atom. The first-order valence-corrected chi connectivity index (χ1v) is 7.55. The lowest BCUT2D eigenvalue weighted by molar-refractivity contribution is 0.0954. The minimum atomic E-state index is -0.0922. The van der Waals surface area contributed by atoms with Crippen molar-refractivity contribution in [2.24, 2.45) is 0 Å².